The number of hydrogen-bond donors (Lipinski definition) is 3. The number of carbonyl (C=O) groups is 2. The van der Waals surface area contributed by atoms with Gasteiger partial charge in [-0.1, -0.05) is 6.92 Å². The Balaban J connectivity index is 2.10. The van der Waals surface area contributed by atoms with Gasteiger partial charge in [0.2, 0.25) is 0 Å². The zero-order chi connectivity index (χ0) is 9.42. The predicted molar refractivity (Wildman–Crippen MR) is 44.8 cm³/mol. The molecule has 0 saturated carbocycles. The number of nitrogens with zero attached hydrogens (tertiary/aromatic N) is 1. The fraction of sp³-hybridized carbons (Fsp3) is 0.714. The van der Waals surface area contributed by atoms with Gasteiger partial charge in [0, 0.05) is 6.54 Å². The molecule has 0 spiro atoms. The molecule has 6 heteroatoms. The number of fused-ring (bicyclic) bond motifs is 1. The molecule has 6 nitrogen and oxygen atoms in total. The molecular formula is C7H12N4O2. The fourth-order valence-electron chi connectivity index (χ4n) is 1.68. The molecule has 13 heavy (non-hydrogen) atoms. The molecule has 2 aliphatic rings. The highest BCUT2D eigenvalue weighted by Gasteiger charge is 2.44. The molecule has 2 saturated heterocycles. The largest absolute Gasteiger partial charge is 0.320 e. The van der Waals surface area contributed by atoms with E-state index < -0.39 is 0 Å². The summed E-state index contributed by atoms with van der Waals surface area (Å²) in [5, 5.41) is 7.96. The Hall–Kier alpha value is -1.46. The number of carbonyl (C=O) groups excluding carboxylic acids is 2. The second-order valence-electron chi connectivity index (χ2n) is 3.18. The molecule has 2 rings (SSSR count). The van der Waals surface area contributed by atoms with Crippen LogP contribution < -0.4 is 16.0 Å². The molecule has 0 aromatic carbocycles. The van der Waals surface area contributed by atoms with Gasteiger partial charge in [-0.3, -0.25) is 0 Å². The Bertz CT molecular complexity index is 255. The molecule has 2 fully saturated rings. The fourth-order valence-corrected chi connectivity index (χ4v) is 1.68. The highest BCUT2D eigenvalue weighted by Crippen LogP contribution is 2.13. The number of amides is 4. The van der Waals surface area contributed by atoms with Crippen molar-refractivity contribution in [1.29, 1.82) is 0 Å². The smallest absolute Gasteiger partial charge is 0.314 e. The van der Waals surface area contributed by atoms with E-state index in [4.69, 9.17) is 0 Å². The van der Waals surface area contributed by atoms with E-state index in [-0.39, 0.29) is 24.4 Å². The lowest BCUT2D eigenvalue weighted by Gasteiger charge is -2.19. The average Bonchev–Trinajstić information content (AvgIpc) is 2.52. The van der Waals surface area contributed by atoms with Crippen LogP contribution in [0.25, 0.3) is 0 Å². The molecule has 0 aliphatic carbocycles. The highest BCUT2D eigenvalue weighted by atomic mass is 16.2. The van der Waals surface area contributed by atoms with Crippen molar-refractivity contribution in [2.45, 2.75) is 25.7 Å². The first-order valence-corrected chi connectivity index (χ1v) is 4.36. The van der Waals surface area contributed by atoms with Crippen LogP contribution in [0.1, 0.15) is 13.3 Å². The number of urea groups is 2. The minimum atomic E-state index is -0.272. The lowest BCUT2D eigenvalue weighted by atomic mass is 10.4. The van der Waals surface area contributed by atoms with E-state index in [0.29, 0.717) is 6.54 Å². The molecular weight excluding hydrogens is 172 g/mol. The van der Waals surface area contributed by atoms with Crippen molar-refractivity contribution in [2.75, 3.05) is 6.54 Å². The van der Waals surface area contributed by atoms with Crippen molar-refractivity contribution < 1.29 is 9.59 Å². The second kappa shape index (κ2) is 2.79. The Morgan fingerprint density at radius 2 is 2.08 bits per heavy atom. The molecule has 3 N–H and O–H groups in total. The van der Waals surface area contributed by atoms with Gasteiger partial charge in [-0.05, 0) is 6.42 Å². The Kier molecular flexibility index (Phi) is 1.75. The van der Waals surface area contributed by atoms with Crippen LogP contribution >= 0.6 is 0 Å². The Labute approximate surface area is 75.6 Å². The summed E-state index contributed by atoms with van der Waals surface area (Å²) >= 11 is 0. The lowest BCUT2D eigenvalue weighted by molar-refractivity contribution is 0.196. The van der Waals surface area contributed by atoms with Crippen LogP contribution in [-0.4, -0.2) is 35.8 Å². The van der Waals surface area contributed by atoms with Crippen molar-refractivity contribution in [3.8, 4) is 0 Å². The van der Waals surface area contributed by atoms with Gasteiger partial charge in [0.1, 0.15) is 12.3 Å². The van der Waals surface area contributed by atoms with Crippen LogP contribution in [0.15, 0.2) is 0 Å². The maximum absolute atomic E-state index is 11.3. The third-order valence-corrected chi connectivity index (χ3v) is 2.22. The molecule has 0 aromatic rings. The monoisotopic (exact) mass is 184 g/mol. The minimum absolute atomic E-state index is 0.121. The maximum atomic E-state index is 11.3. The van der Waals surface area contributed by atoms with Crippen molar-refractivity contribution >= 4 is 12.1 Å². The summed E-state index contributed by atoms with van der Waals surface area (Å²) in [6.45, 7) is 2.65. The highest BCUT2D eigenvalue weighted by molar-refractivity contribution is 5.84. The van der Waals surface area contributed by atoms with Crippen LogP contribution in [0.5, 0.6) is 0 Å². The first-order chi connectivity index (χ1) is 6.22. The predicted octanol–water partition coefficient (Wildman–Crippen LogP) is -0.613. The van der Waals surface area contributed by atoms with E-state index in [0.717, 1.165) is 6.42 Å². The van der Waals surface area contributed by atoms with Crippen LogP contribution in [0, 0.1) is 0 Å². The standard InChI is InChI=1S/C7H12N4O2/c1-2-3-11-5-4(9-7(11)13)8-6(12)10-5/h4-5H,2-3H2,1H3,(H,9,13)(H2,8,10,12)/t4-,5-/m0/s1. The molecule has 0 aromatic heterocycles. The summed E-state index contributed by atoms with van der Waals surface area (Å²) in [4.78, 5) is 23.8. The molecule has 72 valence electrons. The van der Waals surface area contributed by atoms with E-state index in [2.05, 4.69) is 16.0 Å². The van der Waals surface area contributed by atoms with Gasteiger partial charge in [-0.2, -0.15) is 0 Å². The summed E-state index contributed by atoms with van der Waals surface area (Å²) < 4.78 is 0. The van der Waals surface area contributed by atoms with Gasteiger partial charge in [0.15, 0.2) is 0 Å². The van der Waals surface area contributed by atoms with Gasteiger partial charge in [0.25, 0.3) is 0 Å². The van der Waals surface area contributed by atoms with E-state index in [1.54, 1.807) is 4.90 Å². The third-order valence-electron chi connectivity index (χ3n) is 2.22. The summed E-state index contributed by atoms with van der Waals surface area (Å²) in [6, 6.07) is -0.347. The minimum Gasteiger partial charge on any atom is -0.314 e. The molecule has 2 heterocycles. The third kappa shape index (κ3) is 1.18. The van der Waals surface area contributed by atoms with Gasteiger partial charge < -0.3 is 20.9 Å². The van der Waals surface area contributed by atoms with Gasteiger partial charge >= 0.3 is 12.1 Å². The van der Waals surface area contributed by atoms with E-state index in [9.17, 15) is 9.59 Å². The summed E-state index contributed by atoms with van der Waals surface area (Å²) in [6.07, 6.45) is 0.387. The van der Waals surface area contributed by atoms with Crippen LogP contribution in [0.3, 0.4) is 0 Å². The van der Waals surface area contributed by atoms with Crippen molar-refractivity contribution in [3.05, 3.63) is 0 Å². The second-order valence-corrected chi connectivity index (χ2v) is 3.18. The quantitative estimate of drug-likeness (QED) is 0.535. The van der Waals surface area contributed by atoms with Crippen molar-refractivity contribution in [1.82, 2.24) is 20.9 Å². The van der Waals surface area contributed by atoms with Crippen molar-refractivity contribution in [3.63, 3.8) is 0 Å². The normalized spacial score (nSPS) is 31.0. The van der Waals surface area contributed by atoms with E-state index >= 15 is 0 Å². The molecule has 0 unspecified atom stereocenters. The summed E-state index contributed by atoms with van der Waals surface area (Å²) in [5.41, 5.74) is 0. The maximum Gasteiger partial charge on any atom is 0.320 e. The van der Waals surface area contributed by atoms with E-state index in [1.165, 1.54) is 0 Å². The topological polar surface area (TPSA) is 73.5 Å². The molecule has 0 radical (unpaired) electrons. The molecule has 2 aliphatic heterocycles. The number of nitrogens with one attached hydrogen (secondary N) is 3. The zero-order valence-electron chi connectivity index (χ0n) is 7.33. The van der Waals surface area contributed by atoms with Crippen molar-refractivity contribution in [2.24, 2.45) is 0 Å². The SMILES string of the molecule is CCCN1C(=O)N[C@@H]2NC(=O)N[C@H]21. The summed E-state index contributed by atoms with van der Waals surface area (Å²) in [7, 11) is 0. The van der Waals surface area contributed by atoms with Crippen LogP contribution in [0.2, 0.25) is 0 Å². The first kappa shape index (κ1) is 8.15. The molecule has 2 atom stereocenters. The molecule has 0 bridgehead atoms. The van der Waals surface area contributed by atoms with Crippen LogP contribution in [-0.2, 0) is 0 Å². The number of hydrogen-bond acceptors (Lipinski definition) is 2. The Morgan fingerprint density at radius 1 is 1.31 bits per heavy atom. The van der Waals surface area contributed by atoms with Gasteiger partial charge in [-0.15, -0.1) is 0 Å². The lowest BCUT2D eigenvalue weighted by Crippen LogP contribution is -2.43. The van der Waals surface area contributed by atoms with E-state index in [1.807, 2.05) is 6.92 Å². The number of rotatable bonds is 2. The van der Waals surface area contributed by atoms with Crippen LogP contribution in [0.4, 0.5) is 9.59 Å². The average molecular weight is 184 g/mol. The Morgan fingerprint density at radius 3 is 2.77 bits per heavy atom. The van der Waals surface area contributed by atoms with Gasteiger partial charge in [0.05, 0.1) is 0 Å². The zero-order valence-corrected chi connectivity index (χ0v) is 7.33. The molecule has 4 amide bonds. The van der Waals surface area contributed by atoms with Gasteiger partial charge in [-0.25, -0.2) is 9.59 Å². The summed E-state index contributed by atoms with van der Waals surface area (Å²) in [5.74, 6) is 0. The first-order valence-electron chi connectivity index (χ1n) is 4.36.